The summed E-state index contributed by atoms with van der Waals surface area (Å²) in [4.78, 5) is 11.9. The van der Waals surface area contributed by atoms with Crippen LogP contribution in [0.1, 0.15) is 0 Å². The van der Waals surface area contributed by atoms with Crippen molar-refractivity contribution in [1.82, 2.24) is 10.2 Å². The first-order valence-electron chi connectivity index (χ1n) is 7.80. The Morgan fingerprint density at radius 2 is 1.88 bits per heavy atom. The molecule has 0 aliphatic carbocycles. The highest BCUT2D eigenvalue weighted by Crippen LogP contribution is 2.20. The second-order valence-electron chi connectivity index (χ2n) is 5.33. The lowest BCUT2D eigenvalue weighted by Crippen LogP contribution is -2.20. The number of anilines is 1. The number of benzene rings is 2. The van der Waals surface area contributed by atoms with Gasteiger partial charge in [0.15, 0.2) is 6.61 Å². The van der Waals surface area contributed by atoms with Gasteiger partial charge in [-0.3, -0.25) is 4.79 Å². The average molecular weight is 353 g/mol. The summed E-state index contributed by atoms with van der Waals surface area (Å²) in [6.07, 6.45) is 0. The third kappa shape index (κ3) is 4.54. The number of methoxy groups -OCH3 is 1. The van der Waals surface area contributed by atoms with Crippen LogP contribution in [0, 0.1) is 5.82 Å². The van der Waals surface area contributed by atoms with Gasteiger partial charge in [-0.05, 0) is 30.3 Å². The van der Waals surface area contributed by atoms with Gasteiger partial charge in [-0.15, -0.1) is 10.2 Å². The first kappa shape index (κ1) is 17.3. The maximum Gasteiger partial charge on any atom is 0.262 e. The molecule has 0 bridgehead atoms. The molecule has 2 aromatic carbocycles. The van der Waals surface area contributed by atoms with Crippen LogP contribution in [0.3, 0.4) is 0 Å². The van der Waals surface area contributed by atoms with Crippen molar-refractivity contribution in [3.63, 3.8) is 0 Å². The fourth-order valence-electron chi connectivity index (χ4n) is 2.21. The second kappa shape index (κ2) is 8.06. The summed E-state index contributed by atoms with van der Waals surface area (Å²) in [6, 6.07) is 16.3. The fraction of sp³-hybridized carbons (Fsp3) is 0.105. The zero-order valence-electron chi connectivity index (χ0n) is 14.0. The molecule has 0 aliphatic rings. The molecule has 0 fully saturated rings. The van der Waals surface area contributed by atoms with Crippen LogP contribution in [0.25, 0.3) is 11.3 Å². The Balaban J connectivity index is 1.57. The molecule has 0 spiro atoms. The minimum absolute atomic E-state index is 0.213. The number of halogens is 1. The van der Waals surface area contributed by atoms with E-state index in [1.54, 1.807) is 30.3 Å². The third-order valence-electron chi connectivity index (χ3n) is 3.48. The number of carbonyl (C=O) groups excluding carboxylic acids is 1. The molecule has 0 saturated heterocycles. The second-order valence-corrected chi connectivity index (χ2v) is 5.33. The largest absolute Gasteiger partial charge is 0.484 e. The lowest BCUT2D eigenvalue weighted by molar-refractivity contribution is -0.118. The molecule has 3 rings (SSSR count). The first-order chi connectivity index (χ1) is 12.6. The maximum absolute atomic E-state index is 13.1. The van der Waals surface area contributed by atoms with Crippen LogP contribution in [0.4, 0.5) is 10.1 Å². The molecule has 1 N–H and O–H groups in total. The number of rotatable bonds is 6. The quantitative estimate of drug-likeness (QED) is 0.736. The van der Waals surface area contributed by atoms with E-state index >= 15 is 0 Å². The number of aromatic nitrogens is 2. The van der Waals surface area contributed by atoms with Gasteiger partial charge in [0.25, 0.3) is 5.91 Å². The molecular weight excluding hydrogens is 337 g/mol. The first-order valence-corrected chi connectivity index (χ1v) is 7.80. The standard InChI is InChI=1S/C19H16FN3O3/c1-25-19-10-9-17(22-23-19)13-5-7-15(8-6-13)21-18(24)12-26-16-4-2-3-14(20)11-16/h2-11H,12H2,1H3,(H,21,24). The summed E-state index contributed by atoms with van der Waals surface area (Å²) in [5.41, 5.74) is 2.16. The molecule has 3 aromatic rings. The molecule has 7 heteroatoms. The molecule has 0 aliphatic heterocycles. The Labute approximate surface area is 149 Å². The molecule has 0 unspecified atom stereocenters. The predicted molar refractivity (Wildman–Crippen MR) is 94.5 cm³/mol. The predicted octanol–water partition coefficient (Wildman–Crippen LogP) is 3.31. The van der Waals surface area contributed by atoms with E-state index in [2.05, 4.69) is 15.5 Å². The van der Waals surface area contributed by atoms with E-state index in [0.717, 1.165) is 5.56 Å². The number of carbonyl (C=O) groups is 1. The van der Waals surface area contributed by atoms with Crippen molar-refractivity contribution >= 4 is 11.6 Å². The monoisotopic (exact) mass is 353 g/mol. The lowest BCUT2D eigenvalue weighted by Gasteiger charge is -2.08. The number of nitrogens with zero attached hydrogens (tertiary/aromatic N) is 2. The normalized spacial score (nSPS) is 10.2. The van der Waals surface area contributed by atoms with E-state index in [0.29, 0.717) is 23.0 Å². The van der Waals surface area contributed by atoms with Gasteiger partial charge in [0, 0.05) is 23.4 Å². The Hall–Kier alpha value is -3.48. The van der Waals surface area contributed by atoms with Crippen molar-refractivity contribution in [2.45, 2.75) is 0 Å². The minimum atomic E-state index is -0.417. The van der Waals surface area contributed by atoms with Crippen LogP contribution >= 0.6 is 0 Å². The van der Waals surface area contributed by atoms with Crippen LogP contribution in [0.2, 0.25) is 0 Å². The van der Waals surface area contributed by atoms with Crippen LogP contribution in [-0.4, -0.2) is 29.8 Å². The summed E-state index contributed by atoms with van der Waals surface area (Å²) >= 11 is 0. The highest BCUT2D eigenvalue weighted by molar-refractivity contribution is 5.92. The van der Waals surface area contributed by atoms with Gasteiger partial charge >= 0.3 is 0 Å². The average Bonchev–Trinajstić information content (AvgIpc) is 2.67. The maximum atomic E-state index is 13.1. The zero-order valence-corrected chi connectivity index (χ0v) is 14.0. The van der Waals surface area contributed by atoms with Crippen LogP contribution in [0.5, 0.6) is 11.6 Å². The molecule has 132 valence electrons. The summed E-state index contributed by atoms with van der Waals surface area (Å²) in [7, 11) is 1.53. The van der Waals surface area contributed by atoms with Gasteiger partial charge in [-0.2, -0.15) is 0 Å². The van der Waals surface area contributed by atoms with Gasteiger partial charge < -0.3 is 14.8 Å². The van der Waals surface area contributed by atoms with Crippen LogP contribution < -0.4 is 14.8 Å². The van der Waals surface area contributed by atoms with E-state index < -0.39 is 5.82 Å². The number of amides is 1. The van der Waals surface area contributed by atoms with Gasteiger partial charge in [0.05, 0.1) is 12.8 Å². The number of hydrogen-bond acceptors (Lipinski definition) is 5. The van der Waals surface area contributed by atoms with E-state index in [9.17, 15) is 9.18 Å². The zero-order chi connectivity index (χ0) is 18.4. The summed E-state index contributed by atoms with van der Waals surface area (Å²) < 4.78 is 23.3. The molecule has 0 atom stereocenters. The van der Waals surface area contributed by atoms with Gasteiger partial charge in [0.2, 0.25) is 5.88 Å². The third-order valence-corrected chi connectivity index (χ3v) is 3.48. The molecule has 1 amide bonds. The Kier molecular flexibility index (Phi) is 5.38. The molecular formula is C19H16FN3O3. The summed E-state index contributed by atoms with van der Waals surface area (Å²) in [6.45, 7) is -0.213. The van der Waals surface area contributed by atoms with E-state index in [-0.39, 0.29) is 12.5 Å². The van der Waals surface area contributed by atoms with Gasteiger partial charge in [0.1, 0.15) is 11.6 Å². The Morgan fingerprint density at radius 3 is 2.54 bits per heavy atom. The molecule has 6 nitrogen and oxygen atoms in total. The Morgan fingerprint density at radius 1 is 1.08 bits per heavy atom. The van der Waals surface area contributed by atoms with Gasteiger partial charge in [-0.1, -0.05) is 18.2 Å². The van der Waals surface area contributed by atoms with Crippen molar-refractivity contribution in [1.29, 1.82) is 0 Å². The minimum Gasteiger partial charge on any atom is -0.484 e. The molecule has 26 heavy (non-hydrogen) atoms. The summed E-state index contributed by atoms with van der Waals surface area (Å²) in [5, 5.41) is 10.7. The number of hydrogen-bond donors (Lipinski definition) is 1. The topological polar surface area (TPSA) is 73.3 Å². The van der Waals surface area contributed by atoms with E-state index in [4.69, 9.17) is 9.47 Å². The van der Waals surface area contributed by atoms with Crippen molar-refractivity contribution < 1.29 is 18.7 Å². The van der Waals surface area contributed by atoms with Crippen LogP contribution in [-0.2, 0) is 4.79 Å². The fourth-order valence-corrected chi connectivity index (χ4v) is 2.21. The number of nitrogens with one attached hydrogen (secondary N) is 1. The lowest BCUT2D eigenvalue weighted by atomic mass is 10.1. The highest BCUT2D eigenvalue weighted by Gasteiger charge is 2.06. The van der Waals surface area contributed by atoms with Gasteiger partial charge in [-0.25, -0.2) is 4.39 Å². The summed E-state index contributed by atoms with van der Waals surface area (Å²) in [5.74, 6) is -0.0177. The van der Waals surface area contributed by atoms with Crippen LogP contribution in [0.15, 0.2) is 60.7 Å². The SMILES string of the molecule is COc1ccc(-c2ccc(NC(=O)COc3cccc(F)c3)cc2)nn1. The van der Waals surface area contributed by atoms with E-state index in [1.165, 1.54) is 25.3 Å². The Bertz CT molecular complexity index is 883. The molecule has 0 radical (unpaired) electrons. The van der Waals surface area contributed by atoms with Crippen molar-refractivity contribution in [3.8, 4) is 22.9 Å². The number of ether oxygens (including phenoxy) is 2. The van der Waals surface area contributed by atoms with Crippen molar-refractivity contribution in [3.05, 3.63) is 66.5 Å². The van der Waals surface area contributed by atoms with E-state index in [1.807, 2.05) is 12.1 Å². The molecule has 1 heterocycles. The molecule has 1 aromatic heterocycles. The van der Waals surface area contributed by atoms with Crippen molar-refractivity contribution in [2.75, 3.05) is 19.0 Å². The van der Waals surface area contributed by atoms with Crippen molar-refractivity contribution in [2.24, 2.45) is 0 Å². The highest BCUT2D eigenvalue weighted by atomic mass is 19.1. The smallest absolute Gasteiger partial charge is 0.262 e. The molecule has 0 saturated carbocycles.